The molecule has 0 saturated heterocycles. The van der Waals surface area contributed by atoms with Crippen molar-refractivity contribution in [2.75, 3.05) is 0 Å². The quantitative estimate of drug-likeness (QED) is 0.648. The molecule has 0 fully saturated rings. The lowest BCUT2D eigenvalue weighted by Gasteiger charge is -2.08. The zero-order valence-corrected chi connectivity index (χ0v) is 9.09. The highest BCUT2D eigenvalue weighted by atomic mass is 14.1. The maximum atomic E-state index is 3.84. The van der Waals surface area contributed by atoms with Gasteiger partial charge in [-0.05, 0) is 29.5 Å². The van der Waals surface area contributed by atoms with E-state index in [1.54, 1.807) is 0 Å². The molecular weight excluding hydrogens is 168 g/mol. The largest absolute Gasteiger partial charge is 0.0984 e. The summed E-state index contributed by atoms with van der Waals surface area (Å²) >= 11 is 0. The van der Waals surface area contributed by atoms with Gasteiger partial charge in [-0.2, -0.15) is 0 Å². The van der Waals surface area contributed by atoms with Crippen molar-refractivity contribution in [3.8, 4) is 0 Å². The molecule has 0 aliphatic heterocycles. The molecule has 0 aliphatic rings. The zero-order chi connectivity index (χ0) is 10.4. The van der Waals surface area contributed by atoms with E-state index in [4.69, 9.17) is 0 Å². The first kappa shape index (κ1) is 10.8. The summed E-state index contributed by atoms with van der Waals surface area (Å²) in [4.78, 5) is 0. The van der Waals surface area contributed by atoms with Gasteiger partial charge in [-0.25, -0.2) is 0 Å². The van der Waals surface area contributed by atoms with Crippen LogP contribution in [-0.2, 0) is 0 Å². The monoisotopic (exact) mass is 186 g/mol. The van der Waals surface area contributed by atoms with Gasteiger partial charge >= 0.3 is 0 Å². The Bertz CT molecular complexity index is 332. The Labute approximate surface area is 87.0 Å². The van der Waals surface area contributed by atoms with Crippen molar-refractivity contribution in [3.05, 3.63) is 48.0 Å². The van der Waals surface area contributed by atoms with Crippen molar-refractivity contribution in [2.24, 2.45) is 0 Å². The van der Waals surface area contributed by atoms with Crippen molar-refractivity contribution >= 4 is 11.6 Å². The second kappa shape index (κ2) is 5.43. The first-order valence-electron chi connectivity index (χ1n) is 5.24. The van der Waals surface area contributed by atoms with E-state index in [1.165, 1.54) is 16.7 Å². The highest BCUT2D eigenvalue weighted by molar-refractivity contribution is 5.73. The molecule has 0 nitrogen and oxygen atoms in total. The van der Waals surface area contributed by atoms with Crippen LogP contribution in [0.3, 0.4) is 0 Å². The van der Waals surface area contributed by atoms with Crippen LogP contribution in [0.2, 0.25) is 0 Å². The average molecular weight is 186 g/mol. The number of benzene rings is 1. The molecule has 0 heteroatoms. The second-order valence-corrected chi connectivity index (χ2v) is 3.28. The Kier molecular flexibility index (Phi) is 4.18. The third kappa shape index (κ3) is 2.35. The Hall–Kier alpha value is -1.30. The van der Waals surface area contributed by atoms with Gasteiger partial charge in [0.2, 0.25) is 0 Å². The summed E-state index contributed by atoms with van der Waals surface area (Å²) in [6.07, 6.45) is 6.39. The molecule has 0 amide bonds. The van der Waals surface area contributed by atoms with Crippen molar-refractivity contribution in [1.29, 1.82) is 0 Å². The summed E-state index contributed by atoms with van der Waals surface area (Å²) in [5.74, 6) is 0. The maximum absolute atomic E-state index is 3.84. The number of allylic oxidation sites excluding steroid dienone is 2. The molecule has 1 aromatic carbocycles. The van der Waals surface area contributed by atoms with E-state index in [0.717, 1.165) is 12.8 Å². The first-order chi connectivity index (χ1) is 6.83. The van der Waals surface area contributed by atoms with Crippen molar-refractivity contribution in [1.82, 2.24) is 0 Å². The fourth-order valence-corrected chi connectivity index (χ4v) is 1.66. The molecule has 0 aliphatic carbocycles. The summed E-state index contributed by atoms with van der Waals surface area (Å²) in [6, 6.07) is 8.42. The van der Waals surface area contributed by atoms with Crippen molar-refractivity contribution < 1.29 is 0 Å². The van der Waals surface area contributed by atoms with E-state index in [9.17, 15) is 0 Å². The fraction of sp³-hybridized carbons (Fsp3) is 0.286. The standard InChI is InChI=1S/C14H18/c1-4-9-12(5-2)14-11-8-7-10-13(14)6-3/h6-11H,3-5H2,1-2H3. The van der Waals surface area contributed by atoms with E-state index in [-0.39, 0.29) is 0 Å². The Morgan fingerprint density at radius 1 is 1.29 bits per heavy atom. The highest BCUT2D eigenvalue weighted by Gasteiger charge is 2.01. The van der Waals surface area contributed by atoms with E-state index in [2.05, 4.69) is 50.8 Å². The minimum Gasteiger partial charge on any atom is -0.0984 e. The molecule has 0 N–H and O–H groups in total. The molecule has 0 bridgehead atoms. The maximum Gasteiger partial charge on any atom is -0.0155 e. The molecule has 0 radical (unpaired) electrons. The zero-order valence-electron chi connectivity index (χ0n) is 9.09. The predicted molar refractivity (Wildman–Crippen MR) is 65.1 cm³/mol. The summed E-state index contributed by atoms with van der Waals surface area (Å²) in [5, 5.41) is 0. The molecule has 0 heterocycles. The van der Waals surface area contributed by atoms with E-state index in [1.807, 2.05) is 6.08 Å². The van der Waals surface area contributed by atoms with Gasteiger partial charge in [0.25, 0.3) is 0 Å². The lowest BCUT2D eigenvalue weighted by atomic mass is 9.97. The molecule has 0 saturated carbocycles. The van der Waals surface area contributed by atoms with Gasteiger partial charge in [0.05, 0.1) is 0 Å². The van der Waals surface area contributed by atoms with Crippen LogP contribution in [0.5, 0.6) is 0 Å². The normalized spacial score (nSPS) is 11.4. The molecule has 0 aromatic heterocycles. The van der Waals surface area contributed by atoms with Crippen LogP contribution in [0, 0.1) is 0 Å². The summed E-state index contributed by atoms with van der Waals surface area (Å²) in [5.41, 5.74) is 3.98. The third-order valence-corrected chi connectivity index (χ3v) is 2.36. The number of hydrogen-bond donors (Lipinski definition) is 0. The van der Waals surface area contributed by atoms with Gasteiger partial charge in [-0.1, -0.05) is 56.8 Å². The van der Waals surface area contributed by atoms with Crippen LogP contribution in [0.4, 0.5) is 0 Å². The Morgan fingerprint density at radius 2 is 2.00 bits per heavy atom. The molecule has 1 aromatic rings. The van der Waals surface area contributed by atoms with Gasteiger partial charge in [0.15, 0.2) is 0 Å². The number of rotatable bonds is 4. The average Bonchev–Trinajstić information content (AvgIpc) is 2.26. The summed E-state index contributed by atoms with van der Waals surface area (Å²) in [6.45, 7) is 8.21. The summed E-state index contributed by atoms with van der Waals surface area (Å²) < 4.78 is 0. The third-order valence-electron chi connectivity index (χ3n) is 2.36. The van der Waals surface area contributed by atoms with Crippen LogP contribution in [-0.4, -0.2) is 0 Å². The first-order valence-corrected chi connectivity index (χ1v) is 5.24. The van der Waals surface area contributed by atoms with Crippen LogP contribution in [0.1, 0.15) is 37.8 Å². The highest BCUT2D eigenvalue weighted by Crippen LogP contribution is 2.23. The molecule has 74 valence electrons. The van der Waals surface area contributed by atoms with E-state index >= 15 is 0 Å². The molecular formula is C14H18. The lowest BCUT2D eigenvalue weighted by Crippen LogP contribution is -1.87. The topological polar surface area (TPSA) is 0 Å². The SMILES string of the molecule is C=Cc1ccccc1C(=CCC)CC. The molecule has 1 rings (SSSR count). The van der Waals surface area contributed by atoms with Crippen molar-refractivity contribution in [3.63, 3.8) is 0 Å². The Morgan fingerprint density at radius 3 is 2.57 bits per heavy atom. The van der Waals surface area contributed by atoms with Gasteiger partial charge in [0, 0.05) is 0 Å². The molecule has 14 heavy (non-hydrogen) atoms. The van der Waals surface area contributed by atoms with Crippen LogP contribution in [0.15, 0.2) is 36.9 Å². The molecule has 0 atom stereocenters. The summed E-state index contributed by atoms with van der Waals surface area (Å²) in [7, 11) is 0. The van der Waals surface area contributed by atoms with E-state index < -0.39 is 0 Å². The van der Waals surface area contributed by atoms with Gasteiger partial charge in [0.1, 0.15) is 0 Å². The van der Waals surface area contributed by atoms with Gasteiger partial charge in [-0.15, -0.1) is 0 Å². The molecule has 0 unspecified atom stereocenters. The Balaban J connectivity index is 3.15. The van der Waals surface area contributed by atoms with Crippen LogP contribution < -0.4 is 0 Å². The van der Waals surface area contributed by atoms with Crippen LogP contribution >= 0.6 is 0 Å². The van der Waals surface area contributed by atoms with Gasteiger partial charge < -0.3 is 0 Å². The number of hydrogen-bond acceptors (Lipinski definition) is 0. The van der Waals surface area contributed by atoms with E-state index in [0.29, 0.717) is 0 Å². The smallest absolute Gasteiger partial charge is 0.0155 e. The van der Waals surface area contributed by atoms with Crippen LogP contribution in [0.25, 0.3) is 11.6 Å². The minimum absolute atomic E-state index is 1.08. The van der Waals surface area contributed by atoms with Gasteiger partial charge in [-0.3, -0.25) is 0 Å². The predicted octanol–water partition coefficient (Wildman–Crippen LogP) is 4.53. The minimum atomic E-state index is 1.08. The second-order valence-electron chi connectivity index (χ2n) is 3.28. The molecule has 0 spiro atoms. The van der Waals surface area contributed by atoms with Crippen molar-refractivity contribution in [2.45, 2.75) is 26.7 Å². The lowest BCUT2D eigenvalue weighted by molar-refractivity contribution is 1.17. The fourth-order valence-electron chi connectivity index (χ4n) is 1.66.